The number of aromatic nitrogens is 1. The van der Waals surface area contributed by atoms with Crippen molar-refractivity contribution in [3.63, 3.8) is 0 Å². The first kappa shape index (κ1) is 50.8. The van der Waals surface area contributed by atoms with E-state index in [1.165, 1.54) is 5.56 Å². The lowest BCUT2D eigenvalue weighted by Gasteiger charge is -2.41. The zero-order valence-electron chi connectivity index (χ0n) is 41.2. The summed E-state index contributed by atoms with van der Waals surface area (Å²) in [6.07, 6.45) is 3.84. The van der Waals surface area contributed by atoms with E-state index >= 15 is 0 Å². The normalized spacial score (nSPS) is 14.1. The summed E-state index contributed by atoms with van der Waals surface area (Å²) < 4.78 is 19.5. The number of aromatic amines is 1. The largest absolute Gasteiger partial charge is 0.487 e. The maximum absolute atomic E-state index is 13.0. The zero-order valence-corrected chi connectivity index (χ0v) is 42.2. The number of unbranched alkanes of at least 4 members (excludes halogenated alkanes) is 2. The van der Waals surface area contributed by atoms with E-state index in [2.05, 4.69) is 89.6 Å². The Morgan fingerprint density at radius 3 is 2.17 bits per heavy atom. The Morgan fingerprint density at radius 1 is 0.797 bits per heavy atom. The highest BCUT2D eigenvalue weighted by molar-refractivity contribution is 6.74. The molecule has 1 atom stereocenters. The number of ether oxygens (including phenoxy) is 2. The third-order valence-electron chi connectivity index (χ3n) is 13.6. The molecule has 7 rings (SSSR count). The Balaban J connectivity index is 0.899. The minimum atomic E-state index is -2.28. The second-order valence-corrected chi connectivity index (χ2v) is 24.5. The van der Waals surface area contributed by atoms with E-state index in [9.17, 15) is 14.4 Å². The molecule has 69 heavy (non-hydrogen) atoms. The fourth-order valence-corrected chi connectivity index (χ4v) is 9.91. The highest BCUT2D eigenvalue weighted by Gasteiger charge is 2.40. The van der Waals surface area contributed by atoms with E-state index in [-0.39, 0.29) is 28.7 Å². The van der Waals surface area contributed by atoms with Gasteiger partial charge in [-0.1, -0.05) is 142 Å². The number of pyridine rings is 1. The summed E-state index contributed by atoms with van der Waals surface area (Å²) >= 11 is 0. The number of benzene rings is 5. The van der Waals surface area contributed by atoms with Crippen molar-refractivity contribution in [2.24, 2.45) is 0 Å². The Kier molecular flexibility index (Phi) is 18.0. The molecular formula is C57H71N5O6Si. The molecule has 0 bridgehead atoms. The first-order valence-electron chi connectivity index (χ1n) is 24.7. The molecule has 1 saturated heterocycles. The topological polar surface area (TPSA) is 125 Å². The van der Waals surface area contributed by atoms with Crippen LogP contribution in [0, 0.1) is 0 Å². The maximum atomic E-state index is 13.0. The second-order valence-electron chi connectivity index (χ2n) is 19.8. The molecule has 0 saturated carbocycles. The van der Waals surface area contributed by atoms with E-state index in [0.29, 0.717) is 43.9 Å². The number of likely N-dealkylation sites (tertiary alicyclic amines) is 1. The second kappa shape index (κ2) is 24.5. The smallest absolute Gasteiger partial charge is 0.411 e. The molecule has 1 fully saturated rings. The first-order chi connectivity index (χ1) is 33.3. The summed E-state index contributed by atoms with van der Waals surface area (Å²) in [5, 5.41) is 7.00. The average Bonchev–Trinajstić information content (AvgIpc) is 3.34. The lowest BCUT2D eigenvalue weighted by molar-refractivity contribution is -0.121. The molecule has 1 aromatic heterocycles. The monoisotopic (exact) mass is 950 g/mol. The molecule has 364 valence electrons. The number of nitrogens with one attached hydrogen (secondary N) is 3. The van der Waals surface area contributed by atoms with E-state index in [1.54, 1.807) is 6.07 Å². The molecule has 11 nitrogen and oxygen atoms in total. The molecule has 0 radical (unpaired) electrons. The van der Waals surface area contributed by atoms with E-state index in [0.717, 1.165) is 91.6 Å². The summed E-state index contributed by atoms with van der Waals surface area (Å²) in [5.41, 5.74) is 6.50. The molecule has 6 aromatic rings. The standard InChI is InChI=1S/C57H71N5O6Si/c1-57(2,3)69(4,5)68-52(48-28-30-51(55-49(48)29-31-54(64)60-55)66-42-44-22-12-7-13-23-44)41-62(40-43-20-10-6-11-21-43)36-19-9-18-35-58-53(63)34-39-61-37-32-46(33-38-61)67-56(65)59-50-27-17-16-26-47(50)45-24-14-8-15-25-45/h6-8,10-17,20-31,46,52H,9,18-19,32-42H2,1-5H3,(H,58,63)(H,59,65)(H,60,64)/t52-/m1/s1. The lowest BCUT2D eigenvalue weighted by Crippen LogP contribution is -2.44. The van der Waals surface area contributed by atoms with Gasteiger partial charge in [0, 0.05) is 62.7 Å². The van der Waals surface area contributed by atoms with Gasteiger partial charge in [-0.15, -0.1) is 0 Å². The van der Waals surface area contributed by atoms with Crippen LogP contribution in [0.15, 0.2) is 144 Å². The molecule has 3 N–H and O–H groups in total. The molecule has 2 heterocycles. The number of amides is 2. The summed E-state index contributed by atoms with van der Waals surface area (Å²) in [6.45, 7) is 16.9. The van der Waals surface area contributed by atoms with Crippen LogP contribution in [0.1, 0.15) is 82.1 Å². The van der Waals surface area contributed by atoms with E-state index < -0.39 is 14.4 Å². The molecule has 0 unspecified atom stereocenters. The van der Waals surface area contributed by atoms with Crippen LogP contribution in [0.25, 0.3) is 22.0 Å². The summed E-state index contributed by atoms with van der Waals surface area (Å²) in [7, 11) is -2.28. The van der Waals surface area contributed by atoms with Crippen molar-refractivity contribution in [1.29, 1.82) is 0 Å². The number of fused-ring (bicyclic) bond motifs is 1. The van der Waals surface area contributed by atoms with Crippen LogP contribution in [0.4, 0.5) is 10.5 Å². The molecule has 1 aliphatic heterocycles. The summed E-state index contributed by atoms with van der Waals surface area (Å²) in [5.74, 6) is 0.691. The van der Waals surface area contributed by atoms with Crippen molar-refractivity contribution in [3.05, 3.63) is 167 Å². The van der Waals surface area contributed by atoms with Crippen LogP contribution in [0.5, 0.6) is 5.75 Å². The maximum Gasteiger partial charge on any atom is 0.411 e. The SMILES string of the molecule is CC(C)(C)[Si](C)(C)O[C@H](CN(CCCCCNC(=O)CCN1CCC(OC(=O)Nc2ccccc2-c2ccccc2)CC1)Cc1ccccc1)c1ccc(OCc2ccccc2)c2[nH]c(=O)ccc12. The zero-order chi connectivity index (χ0) is 48.6. The van der Waals surface area contributed by atoms with E-state index in [4.69, 9.17) is 13.9 Å². The quantitative estimate of drug-likeness (QED) is 0.0454. The van der Waals surface area contributed by atoms with Gasteiger partial charge in [-0.3, -0.25) is 19.8 Å². The van der Waals surface area contributed by atoms with Crippen LogP contribution in [0.3, 0.4) is 0 Å². The Hall–Kier alpha value is -6.05. The van der Waals surface area contributed by atoms with Crippen LogP contribution in [0.2, 0.25) is 18.1 Å². The van der Waals surface area contributed by atoms with Gasteiger partial charge in [0.05, 0.1) is 17.3 Å². The van der Waals surface area contributed by atoms with Gasteiger partial charge in [-0.05, 0) is 90.8 Å². The highest BCUT2D eigenvalue weighted by atomic mass is 28.4. The van der Waals surface area contributed by atoms with Crippen molar-refractivity contribution in [2.75, 3.05) is 44.6 Å². The number of rotatable bonds is 22. The van der Waals surface area contributed by atoms with Crippen LogP contribution in [-0.4, -0.2) is 80.5 Å². The van der Waals surface area contributed by atoms with Crippen molar-refractivity contribution in [3.8, 4) is 16.9 Å². The molecule has 1 aliphatic rings. The number of carbonyl (C=O) groups is 2. The minimum Gasteiger partial charge on any atom is -0.487 e. The van der Waals surface area contributed by atoms with Crippen molar-refractivity contribution >= 4 is 36.9 Å². The lowest BCUT2D eigenvalue weighted by atomic mass is 10.0. The predicted octanol–water partition coefficient (Wildman–Crippen LogP) is 11.7. The third-order valence-corrected chi connectivity index (χ3v) is 18.1. The molecule has 5 aromatic carbocycles. The van der Waals surface area contributed by atoms with Crippen LogP contribution < -0.4 is 20.9 Å². The number of hydrogen-bond donors (Lipinski definition) is 3. The number of anilines is 1. The van der Waals surface area contributed by atoms with Crippen molar-refractivity contribution < 1.29 is 23.5 Å². The van der Waals surface area contributed by atoms with Crippen LogP contribution >= 0.6 is 0 Å². The Labute approximate surface area is 409 Å². The van der Waals surface area contributed by atoms with Crippen LogP contribution in [-0.2, 0) is 27.1 Å². The fraction of sp³-hybridized carbons (Fsp3) is 0.386. The van der Waals surface area contributed by atoms with Gasteiger partial charge < -0.3 is 29.1 Å². The Bertz CT molecular complexity index is 2610. The molecule has 12 heteroatoms. The first-order valence-corrected chi connectivity index (χ1v) is 27.6. The molecule has 2 amide bonds. The number of para-hydroxylation sites is 1. The number of H-pyrrole nitrogens is 1. The fourth-order valence-electron chi connectivity index (χ4n) is 8.64. The number of carbonyl (C=O) groups excluding carboxylic acids is 2. The number of hydrogen-bond acceptors (Lipinski definition) is 8. The van der Waals surface area contributed by atoms with Gasteiger partial charge in [0.2, 0.25) is 11.5 Å². The van der Waals surface area contributed by atoms with Gasteiger partial charge in [-0.25, -0.2) is 4.79 Å². The number of nitrogens with zero attached hydrogens (tertiary/aromatic N) is 2. The predicted molar refractivity (Wildman–Crippen MR) is 281 cm³/mol. The van der Waals surface area contributed by atoms with Crippen molar-refractivity contribution in [1.82, 2.24) is 20.1 Å². The van der Waals surface area contributed by atoms with Gasteiger partial charge in [-0.2, -0.15) is 0 Å². The minimum absolute atomic E-state index is 0.0223. The molecule has 0 aliphatic carbocycles. The Morgan fingerprint density at radius 2 is 1.46 bits per heavy atom. The molecular weight excluding hydrogens is 879 g/mol. The molecule has 0 spiro atoms. The summed E-state index contributed by atoms with van der Waals surface area (Å²) in [4.78, 5) is 46.5. The highest BCUT2D eigenvalue weighted by Crippen LogP contribution is 2.42. The summed E-state index contributed by atoms with van der Waals surface area (Å²) in [6, 6.07) is 45.9. The van der Waals surface area contributed by atoms with E-state index in [1.807, 2.05) is 103 Å². The van der Waals surface area contributed by atoms with Gasteiger partial charge in [0.15, 0.2) is 8.32 Å². The third kappa shape index (κ3) is 15.0. The number of piperidine rings is 1. The van der Waals surface area contributed by atoms with Gasteiger partial charge in [0.1, 0.15) is 18.5 Å². The van der Waals surface area contributed by atoms with Gasteiger partial charge in [0.25, 0.3) is 0 Å². The van der Waals surface area contributed by atoms with Crippen molar-refractivity contribution in [2.45, 2.75) is 103 Å². The van der Waals surface area contributed by atoms with Gasteiger partial charge >= 0.3 is 6.09 Å². The average molecular weight is 950 g/mol.